The van der Waals surface area contributed by atoms with Gasteiger partial charge in [-0.25, -0.2) is 4.98 Å². The van der Waals surface area contributed by atoms with Gasteiger partial charge in [0.1, 0.15) is 0 Å². The number of fused-ring (bicyclic) bond motifs is 1. The summed E-state index contributed by atoms with van der Waals surface area (Å²) in [6.45, 7) is 3.84. The summed E-state index contributed by atoms with van der Waals surface area (Å²) < 4.78 is 0. The van der Waals surface area contributed by atoms with E-state index in [0.29, 0.717) is 5.56 Å². The fourth-order valence-corrected chi connectivity index (χ4v) is 3.49. The molecular weight excluding hydrogens is 388 g/mol. The van der Waals surface area contributed by atoms with Crippen LogP contribution in [0.1, 0.15) is 38.7 Å². The Balaban J connectivity index is 1.49. The van der Waals surface area contributed by atoms with Gasteiger partial charge in [-0.1, -0.05) is 42.5 Å². The number of nitrogens with zero attached hydrogens (tertiary/aromatic N) is 1. The van der Waals surface area contributed by atoms with Crippen molar-refractivity contribution in [3.05, 3.63) is 101 Å². The van der Waals surface area contributed by atoms with Gasteiger partial charge in [-0.2, -0.15) is 0 Å². The van der Waals surface area contributed by atoms with Gasteiger partial charge in [-0.3, -0.25) is 9.59 Å². The Hall–Kier alpha value is -3.93. The Morgan fingerprint density at radius 3 is 2.52 bits per heavy atom. The lowest BCUT2D eigenvalue weighted by molar-refractivity contribution is -0.120. The number of benzene rings is 3. The molecule has 3 aromatic carbocycles. The molecule has 1 unspecified atom stereocenters. The molecule has 1 atom stereocenters. The number of amides is 2. The largest absolute Gasteiger partial charge is 0.345 e. The molecular formula is C25H24N4O2. The van der Waals surface area contributed by atoms with Crippen LogP contribution in [0.3, 0.4) is 0 Å². The second-order valence-electron chi connectivity index (χ2n) is 7.57. The van der Waals surface area contributed by atoms with Crippen molar-refractivity contribution >= 4 is 22.8 Å². The maximum atomic E-state index is 12.7. The van der Waals surface area contributed by atoms with E-state index in [9.17, 15) is 9.59 Å². The number of hydrogen-bond donors (Lipinski definition) is 3. The lowest BCUT2D eigenvalue weighted by Crippen LogP contribution is -2.39. The van der Waals surface area contributed by atoms with Crippen molar-refractivity contribution in [2.75, 3.05) is 6.54 Å². The molecule has 6 nitrogen and oxygen atoms in total. The highest BCUT2D eigenvalue weighted by Gasteiger charge is 2.18. The molecule has 2 amide bonds. The van der Waals surface area contributed by atoms with E-state index < -0.39 is 0 Å². The number of carbonyl (C=O) groups excluding carboxylic acids is 2. The lowest BCUT2D eigenvalue weighted by atomic mass is 9.98. The normalized spacial score (nSPS) is 11.8. The quantitative estimate of drug-likeness (QED) is 0.450. The number of hydrogen-bond acceptors (Lipinski definition) is 3. The molecule has 4 aromatic rings. The predicted octanol–water partition coefficient (Wildman–Crippen LogP) is 3.82. The third-order valence-electron chi connectivity index (χ3n) is 5.39. The summed E-state index contributed by atoms with van der Waals surface area (Å²) in [5.74, 6) is -0.538. The third-order valence-corrected chi connectivity index (χ3v) is 5.39. The first kappa shape index (κ1) is 20.3. The molecule has 0 aliphatic carbocycles. The molecule has 0 radical (unpaired) electrons. The molecule has 31 heavy (non-hydrogen) atoms. The molecule has 0 spiro atoms. The van der Waals surface area contributed by atoms with Crippen LogP contribution in [0.25, 0.3) is 11.0 Å². The van der Waals surface area contributed by atoms with Gasteiger partial charge >= 0.3 is 0 Å². The molecule has 156 valence electrons. The second-order valence-corrected chi connectivity index (χ2v) is 7.57. The third kappa shape index (κ3) is 4.64. The number of nitrogens with one attached hydrogen (secondary N) is 3. The van der Waals surface area contributed by atoms with Gasteiger partial charge in [0.25, 0.3) is 5.91 Å². The molecule has 0 fully saturated rings. The van der Waals surface area contributed by atoms with Gasteiger partial charge in [0.15, 0.2) is 0 Å². The van der Waals surface area contributed by atoms with Crippen LogP contribution in [0.2, 0.25) is 0 Å². The number of aromatic amines is 1. The number of imidazole rings is 1. The van der Waals surface area contributed by atoms with Crippen LogP contribution in [0.5, 0.6) is 0 Å². The molecule has 1 heterocycles. The fraction of sp³-hybridized carbons (Fsp3) is 0.160. The Labute approximate surface area is 180 Å². The monoisotopic (exact) mass is 412 g/mol. The summed E-state index contributed by atoms with van der Waals surface area (Å²) in [6.07, 6.45) is 1.65. The molecule has 6 heteroatoms. The first-order chi connectivity index (χ1) is 15.0. The van der Waals surface area contributed by atoms with E-state index in [2.05, 4.69) is 20.6 Å². The Kier molecular flexibility index (Phi) is 5.80. The van der Waals surface area contributed by atoms with Gasteiger partial charge in [-0.15, -0.1) is 0 Å². The molecule has 0 aliphatic rings. The minimum atomic E-state index is -0.347. The van der Waals surface area contributed by atoms with Crippen molar-refractivity contribution in [2.45, 2.75) is 19.9 Å². The van der Waals surface area contributed by atoms with E-state index in [-0.39, 0.29) is 24.4 Å². The highest BCUT2D eigenvalue weighted by Crippen LogP contribution is 2.24. The first-order valence-corrected chi connectivity index (χ1v) is 10.1. The number of aryl methyl sites for hydroxylation is 2. The van der Waals surface area contributed by atoms with Crippen molar-refractivity contribution in [2.24, 2.45) is 0 Å². The number of carbonyl (C=O) groups is 2. The molecule has 4 rings (SSSR count). The standard InChI is InChI=1S/C25H24N4O2/c1-16-8-9-20(12-17(16)2)25(31)26-14-23(30)29-24(18-6-4-3-5-7-18)19-10-11-21-22(13-19)28-15-27-21/h3-13,15,24H,14H2,1-2H3,(H,26,31)(H,27,28)(H,29,30). The molecule has 0 saturated heterocycles. The zero-order valence-electron chi connectivity index (χ0n) is 17.5. The van der Waals surface area contributed by atoms with Gasteiger partial charge in [0, 0.05) is 5.56 Å². The predicted molar refractivity (Wildman–Crippen MR) is 121 cm³/mol. The van der Waals surface area contributed by atoms with Crippen LogP contribution in [0, 0.1) is 13.8 Å². The lowest BCUT2D eigenvalue weighted by Gasteiger charge is -2.20. The molecule has 0 aliphatic heterocycles. The van der Waals surface area contributed by atoms with Crippen molar-refractivity contribution < 1.29 is 9.59 Å². The minimum Gasteiger partial charge on any atom is -0.345 e. The van der Waals surface area contributed by atoms with Crippen LogP contribution in [-0.4, -0.2) is 28.3 Å². The van der Waals surface area contributed by atoms with Gasteiger partial charge < -0.3 is 15.6 Å². The average Bonchev–Trinajstić information content (AvgIpc) is 3.26. The summed E-state index contributed by atoms with van der Waals surface area (Å²) in [4.78, 5) is 32.5. The highest BCUT2D eigenvalue weighted by molar-refractivity contribution is 5.96. The summed E-state index contributed by atoms with van der Waals surface area (Å²) in [7, 11) is 0. The molecule has 3 N–H and O–H groups in total. The van der Waals surface area contributed by atoms with Crippen LogP contribution in [0.4, 0.5) is 0 Å². The molecule has 0 saturated carbocycles. The Bertz CT molecular complexity index is 1230. The molecule has 1 aromatic heterocycles. The van der Waals surface area contributed by atoms with Crippen molar-refractivity contribution in [1.29, 1.82) is 0 Å². The average molecular weight is 412 g/mol. The van der Waals surface area contributed by atoms with Crippen molar-refractivity contribution in [3.8, 4) is 0 Å². The van der Waals surface area contributed by atoms with Crippen molar-refractivity contribution in [1.82, 2.24) is 20.6 Å². The van der Waals surface area contributed by atoms with Crippen LogP contribution in [0.15, 0.2) is 73.1 Å². The van der Waals surface area contributed by atoms with Crippen LogP contribution < -0.4 is 10.6 Å². The topological polar surface area (TPSA) is 86.9 Å². The van der Waals surface area contributed by atoms with E-state index in [4.69, 9.17) is 0 Å². The SMILES string of the molecule is Cc1ccc(C(=O)NCC(=O)NC(c2ccccc2)c2ccc3nc[nH]c3c2)cc1C. The van der Waals surface area contributed by atoms with Gasteiger partial charge in [0.2, 0.25) is 5.91 Å². The van der Waals surface area contributed by atoms with E-state index in [1.54, 1.807) is 12.4 Å². The number of H-pyrrole nitrogens is 1. The molecule has 0 bridgehead atoms. The summed E-state index contributed by atoms with van der Waals surface area (Å²) in [5, 5.41) is 5.76. The summed E-state index contributed by atoms with van der Waals surface area (Å²) in [5.41, 5.74) is 6.34. The number of aromatic nitrogens is 2. The maximum Gasteiger partial charge on any atom is 0.251 e. The van der Waals surface area contributed by atoms with Crippen LogP contribution in [-0.2, 0) is 4.79 Å². The van der Waals surface area contributed by atoms with Gasteiger partial charge in [0.05, 0.1) is 29.9 Å². The van der Waals surface area contributed by atoms with E-state index in [1.165, 1.54) is 0 Å². The summed E-state index contributed by atoms with van der Waals surface area (Å²) in [6, 6.07) is 20.7. The minimum absolute atomic E-state index is 0.110. The Morgan fingerprint density at radius 1 is 0.935 bits per heavy atom. The number of rotatable bonds is 6. The fourth-order valence-electron chi connectivity index (χ4n) is 3.49. The first-order valence-electron chi connectivity index (χ1n) is 10.1. The van der Waals surface area contributed by atoms with E-state index >= 15 is 0 Å². The van der Waals surface area contributed by atoms with Crippen LogP contribution >= 0.6 is 0 Å². The highest BCUT2D eigenvalue weighted by atomic mass is 16.2. The maximum absolute atomic E-state index is 12.7. The van der Waals surface area contributed by atoms with Crippen molar-refractivity contribution in [3.63, 3.8) is 0 Å². The zero-order chi connectivity index (χ0) is 21.8. The Morgan fingerprint density at radius 2 is 1.74 bits per heavy atom. The second kappa shape index (κ2) is 8.83. The van der Waals surface area contributed by atoms with E-state index in [1.807, 2.05) is 74.5 Å². The smallest absolute Gasteiger partial charge is 0.251 e. The zero-order valence-corrected chi connectivity index (χ0v) is 17.5. The van der Waals surface area contributed by atoms with Gasteiger partial charge in [-0.05, 0) is 60.4 Å². The summed E-state index contributed by atoms with van der Waals surface area (Å²) >= 11 is 0. The van der Waals surface area contributed by atoms with E-state index in [0.717, 1.165) is 33.3 Å².